The number of halogens is 2. The summed E-state index contributed by atoms with van der Waals surface area (Å²) >= 11 is 9.64. The maximum absolute atomic E-state index is 12.7. The minimum atomic E-state index is -0.405. The van der Waals surface area contributed by atoms with Gasteiger partial charge in [0.2, 0.25) is 0 Å². The van der Waals surface area contributed by atoms with Crippen LogP contribution in [0.3, 0.4) is 0 Å². The maximum atomic E-state index is 12.7. The van der Waals surface area contributed by atoms with Crippen LogP contribution in [0, 0.1) is 17.0 Å². The summed E-state index contributed by atoms with van der Waals surface area (Å²) in [7, 11) is 0. The normalized spacial score (nSPS) is 9.69. The van der Waals surface area contributed by atoms with Gasteiger partial charge < -0.3 is 0 Å². The first-order chi connectivity index (χ1) is 7.70. The summed E-state index contributed by atoms with van der Waals surface area (Å²) < 4.78 is 14.1. The van der Waals surface area contributed by atoms with Gasteiger partial charge in [0.1, 0.15) is 5.82 Å². The molecule has 0 spiro atoms. The van der Waals surface area contributed by atoms with Gasteiger partial charge in [-0.15, -0.1) is 0 Å². The third-order valence-corrected chi connectivity index (χ3v) is 2.18. The minimum Gasteiger partial charge on any atom is -0.234 e. The molecular weight excluding hydrogens is 249 g/mol. The fourth-order valence-corrected chi connectivity index (χ4v) is 1.39. The lowest BCUT2D eigenvalue weighted by Crippen LogP contribution is -1.98. The van der Waals surface area contributed by atoms with Gasteiger partial charge >= 0.3 is 0 Å². The van der Waals surface area contributed by atoms with E-state index in [0.29, 0.717) is 16.5 Å². The van der Waals surface area contributed by atoms with Gasteiger partial charge in [-0.05, 0) is 23.3 Å². The summed E-state index contributed by atoms with van der Waals surface area (Å²) in [6, 6.07) is 2.79. The largest absolute Gasteiger partial charge is 0.234 e. The lowest BCUT2D eigenvalue weighted by Gasteiger charge is -1.97. The molecule has 0 saturated heterocycles. The van der Waals surface area contributed by atoms with Crippen molar-refractivity contribution in [3.63, 3.8) is 0 Å². The minimum absolute atomic E-state index is 0.396. The highest BCUT2D eigenvalue weighted by molar-refractivity contribution is 7.85. The van der Waals surface area contributed by atoms with Crippen molar-refractivity contribution in [2.75, 3.05) is 0 Å². The second-order valence-electron chi connectivity index (χ2n) is 2.84. The Hall–Kier alpha value is -1.51. The molecule has 6 heteroatoms. The van der Waals surface area contributed by atoms with Crippen molar-refractivity contribution in [1.82, 2.24) is 14.8 Å². The second-order valence-corrected chi connectivity index (χ2v) is 3.47. The van der Waals surface area contributed by atoms with Crippen LogP contribution < -0.4 is 0 Å². The van der Waals surface area contributed by atoms with Crippen LogP contribution in [0.1, 0.15) is 5.69 Å². The van der Waals surface area contributed by atoms with Crippen molar-refractivity contribution in [2.45, 2.75) is 0 Å². The van der Waals surface area contributed by atoms with Gasteiger partial charge in [0.15, 0.2) is 11.5 Å². The zero-order chi connectivity index (χ0) is 11.5. The summed E-state index contributed by atoms with van der Waals surface area (Å²) in [5, 5.41) is 6.88. The molecule has 0 aliphatic rings. The molecule has 0 aliphatic carbocycles. The number of rotatable bonds is 1. The van der Waals surface area contributed by atoms with Gasteiger partial charge in [-0.1, -0.05) is 24.2 Å². The predicted octanol–water partition coefficient (Wildman–Crippen LogP) is 2.30. The standard InChI is InChI=1S/C10H5ClFN3S/c11-8-6-15(14-9(8)3-4-16)10-2-1-7(12)5-13-10/h1-2,5-6,16H. The highest BCUT2D eigenvalue weighted by Gasteiger charge is 2.06. The zero-order valence-electron chi connectivity index (χ0n) is 7.85. The Morgan fingerprint density at radius 2 is 2.25 bits per heavy atom. The van der Waals surface area contributed by atoms with Crippen LogP contribution in [0.25, 0.3) is 5.82 Å². The third-order valence-electron chi connectivity index (χ3n) is 1.79. The highest BCUT2D eigenvalue weighted by atomic mass is 35.5. The summed E-state index contributed by atoms with van der Waals surface area (Å²) in [4.78, 5) is 3.86. The molecule has 2 aromatic rings. The van der Waals surface area contributed by atoms with Crippen LogP contribution in [-0.4, -0.2) is 14.8 Å². The molecule has 0 amide bonds. The quantitative estimate of drug-likeness (QED) is 0.625. The zero-order valence-corrected chi connectivity index (χ0v) is 9.50. The van der Waals surface area contributed by atoms with E-state index in [9.17, 15) is 4.39 Å². The average Bonchev–Trinajstić information content (AvgIpc) is 2.62. The van der Waals surface area contributed by atoms with Gasteiger partial charge in [0, 0.05) is 0 Å². The summed E-state index contributed by atoms with van der Waals surface area (Å²) in [5.74, 6) is 2.69. The van der Waals surface area contributed by atoms with E-state index < -0.39 is 5.82 Å². The molecule has 0 aromatic carbocycles. The van der Waals surface area contributed by atoms with E-state index in [0.717, 1.165) is 6.20 Å². The number of pyridine rings is 1. The molecule has 80 valence electrons. The number of nitrogens with zero attached hydrogens (tertiary/aromatic N) is 3. The molecule has 0 fully saturated rings. The Bertz CT molecular complexity index is 568. The SMILES string of the molecule is Fc1ccc(-n2cc(Cl)c(C#CS)n2)nc1. The Balaban J connectivity index is 2.43. The molecule has 0 aliphatic heterocycles. The Morgan fingerprint density at radius 1 is 1.44 bits per heavy atom. The van der Waals surface area contributed by atoms with E-state index in [-0.39, 0.29) is 0 Å². The Morgan fingerprint density at radius 3 is 2.88 bits per heavy atom. The topological polar surface area (TPSA) is 30.7 Å². The average molecular weight is 254 g/mol. The second kappa shape index (κ2) is 4.56. The van der Waals surface area contributed by atoms with Crippen molar-refractivity contribution < 1.29 is 4.39 Å². The number of aromatic nitrogens is 3. The Labute approximate surface area is 102 Å². The van der Waals surface area contributed by atoms with Gasteiger partial charge in [-0.3, -0.25) is 0 Å². The lowest BCUT2D eigenvalue weighted by molar-refractivity contribution is 0.619. The van der Waals surface area contributed by atoms with Crippen LogP contribution >= 0.6 is 24.2 Å². The fourth-order valence-electron chi connectivity index (χ4n) is 1.11. The molecule has 0 saturated carbocycles. The number of hydrogen-bond donors (Lipinski definition) is 1. The van der Waals surface area contributed by atoms with Crippen LogP contribution in [0.4, 0.5) is 4.39 Å². The molecule has 2 rings (SSSR count). The molecule has 0 atom stereocenters. The van der Waals surface area contributed by atoms with E-state index in [4.69, 9.17) is 11.6 Å². The fraction of sp³-hybridized carbons (Fsp3) is 0. The lowest BCUT2D eigenvalue weighted by atomic mass is 10.4. The molecule has 16 heavy (non-hydrogen) atoms. The monoisotopic (exact) mass is 253 g/mol. The van der Waals surface area contributed by atoms with Gasteiger partial charge in [0.05, 0.1) is 17.4 Å². The van der Waals surface area contributed by atoms with Gasteiger partial charge in [-0.2, -0.15) is 5.10 Å². The molecule has 0 radical (unpaired) electrons. The summed E-state index contributed by atoms with van der Waals surface area (Å²) in [6.45, 7) is 0. The van der Waals surface area contributed by atoms with Crippen LogP contribution in [0.2, 0.25) is 5.02 Å². The van der Waals surface area contributed by atoms with E-state index in [1.54, 1.807) is 6.20 Å². The first-order valence-electron chi connectivity index (χ1n) is 4.23. The van der Waals surface area contributed by atoms with E-state index >= 15 is 0 Å². The predicted molar refractivity (Wildman–Crippen MR) is 62.2 cm³/mol. The molecule has 3 nitrogen and oxygen atoms in total. The first kappa shape index (κ1) is 11.0. The Kier molecular flexibility index (Phi) is 3.13. The van der Waals surface area contributed by atoms with Crippen LogP contribution in [0.5, 0.6) is 0 Å². The highest BCUT2D eigenvalue weighted by Crippen LogP contribution is 2.15. The van der Waals surface area contributed by atoms with E-state index in [1.165, 1.54) is 16.8 Å². The molecular formula is C10H5ClFN3S. The summed E-state index contributed by atoms with van der Waals surface area (Å²) in [6.07, 6.45) is 2.66. The van der Waals surface area contributed by atoms with Crippen molar-refractivity contribution in [2.24, 2.45) is 0 Å². The van der Waals surface area contributed by atoms with Gasteiger partial charge in [0.25, 0.3) is 0 Å². The number of thiol groups is 1. The van der Waals surface area contributed by atoms with E-state index in [1.807, 2.05) is 0 Å². The summed E-state index contributed by atoms with van der Waals surface area (Å²) in [5.41, 5.74) is 0.405. The van der Waals surface area contributed by atoms with Crippen molar-refractivity contribution >= 4 is 24.2 Å². The molecule has 2 aromatic heterocycles. The van der Waals surface area contributed by atoms with Gasteiger partial charge in [-0.25, -0.2) is 14.1 Å². The maximum Gasteiger partial charge on any atom is 0.155 e. The molecule has 0 unspecified atom stereocenters. The van der Waals surface area contributed by atoms with Crippen LogP contribution in [0.15, 0.2) is 24.5 Å². The third kappa shape index (κ3) is 2.18. The van der Waals surface area contributed by atoms with Crippen molar-refractivity contribution in [3.8, 4) is 17.0 Å². The smallest absolute Gasteiger partial charge is 0.155 e. The van der Waals surface area contributed by atoms with Crippen molar-refractivity contribution in [3.05, 3.63) is 41.1 Å². The number of hydrogen-bond acceptors (Lipinski definition) is 3. The molecule has 2 heterocycles. The molecule has 0 N–H and O–H groups in total. The van der Waals surface area contributed by atoms with Crippen molar-refractivity contribution in [1.29, 1.82) is 0 Å². The van der Waals surface area contributed by atoms with E-state index in [2.05, 4.69) is 33.9 Å². The van der Waals surface area contributed by atoms with Crippen LogP contribution in [-0.2, 0) is 0 Å². The molecule has 0 bridgehead atoms. The first-order valence-corrected chi connectivity index (χ1v) is 5.05.